The van der Waals surface area contributed by atoms with Crippen molar-refractivity contribution < 1.29 is 29.7 Å². The van der Waals surface area contributed by atoms with Gasteiger partial charge < -0.3 is 15.3 Å². The van der Waals surface area contributed by atoms with Crippen molar-refractivity contribution in [1.82, 2.24) is 0 Å². The Morgan fingerprint density at radius 1 is 0.571 bits per heavy atom. The van der Waals surface area contributed by atoms with Gasteiger partial charge in [-0.05, 0) is 19.3 Å². The molecule has 0 aliphatic rings. The largest absolute Gasteiger partial charge is 0.481 e. The molecule has 0 aromatic heterocycles. The maximum atomic E-state index is 10.2. The van der Waals surface area contributed by atoms with Crippen molar-refractivity contribution >= 4 is 27.8 Å². The molecular formula is C21H42O6P. The number of hydrogen-bond donors (Lipinski definition) is 3. The summed E-state index contributed by atoms with van der Waals surface area (Å²) in [5.74, 6) is -2.52. The number of carboxylic acid groups (broad SMARTS) is 3. The smallest absolute Gasteiger partial charge is 0.306 e. The summed E-state index contributed by atoms with van der Waals surface area (Å²) in [6, 6.07) is 0. The Hall–Kier alpha value is -1.16. The van der Waals surface area contributed by atoms with E-state index in [2.05, 4.69) is 20.8 Å². The van der Waals surface area contributed by atoms with Gasteiger partial charge in [0.15, 0.2) is 0 Å². The highest BCUT2D eigenvalue weighted by atomic mass is 31.0. The van der Waals surface area contributed by atoms with Crippen molar-refractivity contribution in [3.05, 3.63) is 0 Å². The molecule has 3 radical (unpaired) electrons. The van der Waals surface area contributed by atoms with Crippen LogP contribution in [0.1, 0.15) is 99.3 Å². The molecule has 0 saturated carbocycles. The Labute approximate surface area is 175 Å². The van der Waals surface area contributed by atoms with E-state index < -0.39 is 17.9 Å². The van der Waals surface area contributed by atoms with Crippen molar-refractivity contribution in [2.45, 2.75) is 99.3 Å². The normalized spacial score (nSPS) is 12.6. The van der Waals surface area contributed by atoms with Gasteiger partial charge in [-0.2, -0.15) is 0 Å². The van der Waals surface area contributed by atoms with Crippen LogP contribution in [0.4, 0.5) is 0 Å². The molecule has 3 atom stereocenters. The molecule has 28 heavy (non-hydrogen) atoms. The average molecular weight is 422 g/mol. The molecule has 3 unspecified atom stereocenters. The van der Waals surface area contributed by atoms with Crippen molar-refractivity contribution in [2.75, 3.05) is 0 Å². The molecule has 0 bridgehead atoms. The van der Waals surface area contributed by atoms with E-state index in [1.54, 1.807) is 20.8 Å². The van der Waals surface area contributed by atoms with Gasteiger partial charge >= 0.3 is 17.9 Å². The SMILES string of the molecule is CCCCC(C)C(=O)O.CCCCC(C)C(=O)O.CCCCC(C)C(=O)O.[P]. The van der Waals surface area contributed by atoms with E-state index in [-0.39, 0.29) is 27.7 Å². The lowest BCUT2D eigenvalue weighted by molar-refractivity contribution is -0.142. The molecule has 0 aromatic carbocycles. The van der Waals surface area contributed by atoms with Crippen LogP contribution < -0.4 is 0 Å². The van der Waals surface area contributed by atoms with Crippen LogP contribution in [0.25, 0.3) is 0 Å². The van der Waals surface area contributed by atoms with Gasteiger partial charge in [-0.3, -0.25) is 14.4 Å². The van der Waals surface area contributed by atoms with Crippen LogP contribution in [-0.2, 0) is 14.4 Å². The average Bonchev–Trinajstić information content (AvgIpc) is 2.62. The van der Waals surface area contributed by atoms with Crippen molar-refractivity contribution in [1.29, 1.82) is 0 Å². The third-order valence-corrected chi connectivity index (χ3v) is 4.24. The summed E-state index contributed by atoms with van der Waals surface area (Å²) in [6.45, 7) is 11.4. The molecule has 0 heterocycles. The maximum absolute atomic E-state index is 10.2. The van der Waals surface area contributed by atoms with Crippen LogP contribution in [0.15, 0.2) is 0 Å². The maximum Gasteiger partial charge on any atom is 0.306 e. The lowest BCUT2D eigenvalue weighted by Crippen LogP contribution is -2.08. The minimum Gasteiger partial charge on any atom is -0.481 e. The van der Waals surface area contributed by atoms with Gasteiger partial charge in [0, 0.05) is 9.90 Å². The molecule has 0 aliphatic heterocycles. The topological polar surface area (TPSA) is 112 Å². The van der Waals surface area contributed by atoms with Gasteiger partial charge in [0.05, 0.1) is 17.8 Å². The van der Waals surface area contributed by atoms with E-state index in [0.29, 0.717) is 0 Å². The molecule has 0 amide bonds. The quantitative estimate of drug-likeness (QED) is 0.308. The summed E-state index contributed by atoms with van der Waals surface area (Å²) in [5.41, 5.74) is 0. The molecule has 7 heteroatoms. The minimum atomic E-state index is -0.677. The first kappa shape index (κ1) is 34.4. The first-order chi connectivity index (χ1) is 12.5. The van der Waals surface area contributed by atoms with E-state index in [1.807, 2.05) is 0 Å². The fourth-order valence-corrected chi connectivity index (χ4v) is 1.90. The zero-order valence-corrected chi connectivity index (χ0v) is 19.5. The second-order valence-corrected chi connectivity index (χ2v) is 7.14. The standard InChI is InChI=1S/3C7H14O2.P/c3*1-3-4-5-6(2)7(8)9;/h3*6H,3-5H2,1-2H3,(H,8,9);. The summed E-state index contributed by atoms with van der Waals surface area (Å²) in [4.78, 5) is 30.6. The Morgan fingerprint density at radius 3 is 0.857 bits per heavy atom. The van der Waals surface area contributed by atoms with Crippen LogP contribution in [0.2, 0.25) is 0 Å². The monoisotopic (exact) mass is 421 g/mol. The Balaban J connectivity index is -0.000000152. The summed E-state index contributed by atoms with van der Waals surface area (Å²) in [5, 5.41) is 25.2. The van der Waals surface area contributed by atoms with Gasteiger partial charge in [-0.25, -0.2) is 0 Å². The number of carbonyl (C=O) groups is 3. The predicted molar refractivity (Wildman–Crippen MR) is 116 cm³/mol. The molecule has 0 aliphatic carbocycles. The van der Waals surface area contributed by atoms with E-state index in [0.717, 1.165) is 57.8 Å². The number of hydrogen-bond acceptors (Lipinski definition) is 3. The Bertz CT molecular complexity index is 330. The zero-order chi connectivity index (χ0) is 21.8. The lowest BCUT2D eigenvalue weighted by atomic mass is 10.1. The zero-order valence-electron chi connectivity index (χ0n) is 18.6. The lowest BCUT2D eigenvalue weighted by Gasteiger charge is -2.02. The summed E-state index contributed by atoms with van der Waals surface area (Å²) in [7, 11) is 0. The minimum absolute atomic E-state index is 0. The number of aliphatic carboxylic acids is 3. The van der Waals surface area contributed by atoms with E-state index in [4.69, 9.17) is 15.3 Å². The first-order valence-corrected chi connectivity index (χ1v) is 10.2. The van der Waals surface area contributed by atoms with Crippen molar-refractivity contribution in [3.8, 4) is 0 Å². The first-order valence-electron chi connectivity index (χ1n) is 10.2. The van der Waals surface area contributed by atoms with E-state index in [1.165, 1.54) is 0 Å². The highest BCUT2D eigenvalue weighted by Crippen LogP contribution is 2.07. The molecule has 3 N–H and O–H groups in total. The molecule has 0 rings (SSSR count). The van der Waals surface area contributed by atoms with Crippen LogP contribution in [0, 0.1) is 17.8 Å². The molecule has 6 nitrogen and oxygen atoms in total. The molecule has 0 saturated heterocycles. The summed E-state index contributed by atoms with van der Waals surface area (Å²) in [6.07, 6.45) is 8.74. The fourth-order valence-electron chi connectivity index (χ4n) is 1.90. The van der Waals surface area contributed by atoms with Gasteiger partial charge in [0.2, 0.25) is 0 Å². The molecule has 0 fully saturated rings. The molecule has 0 aromatic rings. The molecular weight excluding hydrogens is 379 g/mol. The highest BCUT2D eigenvalue weighted by molar-refractivity contribution is 6.92. The Kier molecular flexibility index (Phi) is 29.3. The second-order valence-electron chi connectivity index (χ2n) is 7.14. The van der Waals surface area contributed by atoms with E-state index in [9.17, 15) is 14.4 Å². The van der Waals surface area contributed by atoms with Gasteiger partial charge in [-0.1, -0.05) is 80.1 Å². The van der Waals surface area contributed by atoms with E-state index >= 15 is 0 Å². The molecule has 0 spiro atoms. The summed E-state index contributed by atoms with van der Waals surface area (Å²) >= 11 is 0. The third kappa shape index (κ3) is 27.1. The second kappa shape index (κ2) is 23.9. The predicted octanol–water partition coefficient (Wildman–Crippen LogP) is 6.55. The highest BCUT2D eigenvalue weighted by Gasteiger charge is 2.09. The van der Waals surface area contributed by atoms with Gasteiger partial charge in [0.25, 0.3) is 0 Å². The summed E-state index contributed by atoms with van der Waals surface area (Å²) < 4.78 is 0. The van der Waals surface area contributed by atoms with Crippen LogP contribution in [0.3, 0.4) is 0 Å². The van der Waals surface area contributed by atoms with Crippen LogP contribution in [-0.4, -0.2) is 33.2 Å². The van der Waals surface area contributed by atoms with Crippen molar-refractivity contribution in [3.63, 3.8) is 0 Å². The van der Waals surface area contributed by atoms with Crippen molar-refractivity contribution in [2.24, 2.45) is 17.8 Å². The van der Waals surface area contributed by atoms with Gasteiger partial charge in [0.1, 0.15) is 0 Å². The Morgan fingerprint density at radius 2 is 0.750 bits per heavy atom. The van der Waals surface area contributed by atoms with Crippen LogP contribution >= 0.6 is 9.90 Å². The molecule has 167 valence electrons. The fraction of sp³-hybridized carbons (Fsp3) is 0.857. The number of unbranched alkanes of at least 4 members (excludes halogenated alkanes) is 3. The number of rotatable bonds is 12. The third-order valence-electron chi connectivity index (χ3n) is 4.24. The van der Waals surface area contributed by atoms with Crippen LogP contribution in [0.5, 0.6) is 0 Å². The number of carboxylic acids is 3. The van der Waals surface area contributed by atoms with Gasteiger partial charge in [-0.15, -0.1) is 0 Å².